The summed E-state index contributed by atoms with van der Waals surface area (Å²) in [5, 5.41) is 16.5. The first kappa shape index (κ1) is 24.8. The van der Waals surface area contributed by atoms with Crippen LogP contribution in [0.25, 0.3) is 16.9 Å². The van der Waals surface area contributed by atoms with Gasteiger partial charge in [0.1, 0.15) is 17.1 Å². The summed E-state index contributed by atoms with van der Waals surface area (Å²) in [5.74, 6) is -2.36. The smallest absolute Gasteiger partial charge is 0.389 e. The summed E-state index contributed by atoms with van der Waals surface area (Å²) in [6, 6.07) is 6.45. The summed E-state index contributed by atoms with van der Waals surface area (Å²) in [4.78, 5) is 29.4. The monoisotopic (exact) mass is 514 g/mol. The van der Waals surface area contributed by atoms with Crippen molar-refractivity contribution in [1.29, 1.82) is 0 Å². The first-order chi connectivity index (χ1) is 16.3. The number of nitrogens with zero attached hydrogens (tertiary/aromatic N) is 3. The van der Waals surface area contributed by atoms with E-state index in [-0.39, 0.29) is 28.5 Å². The number of amides is 1. The van der Waals surface area contributed by atoms with Crippen LogP contribution in [0.2, 0.25) is 0 Å². The van der Waals surface area contributed by atoms with E-state index in [9.17, 15) is 41.4 Å². The molecular formula is C21H18F4N4O5S. The topological polar surface area (TPSA) is 138 Å². The van der Waals surface area contributed by atoms with Crippen LogP contribution in [0.1, 0.15) is 16.1 Å². The highest BCUT2D eigenvalue weighted by atomic mass is 32.3. The largest absolute Gasteiger partial charge is 0.433 e. The molecule has 1 saturated heterocycles. The standard InChI is InChI=1S/C21H18F4N4O5S/c22-12-2-1-3-13(6-12)29-20(32)14(19(31)27-16-9-35(33,34)10-17(16)30)7-15(28-29)11-4-5-18(26-8-11)21(23,24)25/h1-8,16-17,30,33-34H,9-10H2,(H,27,31)/t16-,17+/m1/s1. The molecule has 9 nitrogen and oxygen atoms in total. The van der Waals surface area contributed by atoms with Crippen molar-refractivity contribution < 1.29 is 36.6 Å². The molecule has 1 aromatic carbocycles. The van der Waals surface area contributed by atoms with Gasteiger partial charge in [0.2, 0.25) is 0 Å². The van der Waals surface area contributed by atoms with Gasteiger partial charge in [0.25, 0.3) is 11.5 Å². The highest BCUT2D eigenvalue weighted by Gasteiger charge is 2.38. The van der Waals surface area contributed by atoms with Crippen LogP contribution in [0.4, 0.5) is 17.6 Å². The van der Waals surface area contributed by atoms with Gasteiger partial charge in [-0.3, -0.25) is 23.7 Å². The van der Waals surface area contributed by atoms with E-state index >= 15 is 0 Å². The van der Waals surface area contributed by atoms with E-state index in [1.54, 1.807) is 0 Å². The van der Waals surface area contributed by atoms with Gasteiger partial charge < -0.3 is 10.4 Å². The molecule has 1 amide bonds. The molecule has 14 heteroatoms. The number of benzene rings is 1. The Morgan fingerprint density at radius 2 is 1.89 bits per heavy atom. The molecule has 0 aliphatic carbocycles. The molecule has 0 saturated carbocycles. The second kappa shape index (κ2) is 9.03. The summed E-state index contributed by atoms with van der Waals surface area (Å²) in [7, 11) is -3.11. The number of halogens is 4. The number of hydrogen-bond acceptors (Lipinski definition) is 7. The van der Waals surface area contributed by atoms with E-state index in [0.29, 0.717) is 10.7 Å². The number of hydrogen-bond donors (Lipinski definition) is 4. The maximum Gasteiger partial charge on any atom is 0.433 e. The minimum absolute atomic E-state index is 0.0345. The number of pyridine rings is 1. The number of nitrogens with one attached hydrogen (secondary N) is 1. The number of rotatable bonds is 4. The number of alkyl halides is 3. The van der Waals surface area contributed by atoms with Gasteiger partial charge in [-0.2, -0.15) is 33.5 Å². The normalized spacial score (nSPS) is 20.4. The van der Waals surface area contributed by atoms with E-state index in [0.717, 1.165) is 30.5 Å². The molecule has 0 spiro atoms. The third-order valence-electron chi connectivity index (χ3n) is 5.22. The average Bonchev–Trinajstić information content (AvgIpc) is 3.04. The molecule has 0 unspecified atom stereocenters. The number of carbonyl (C=O) groups is 1. The molecule has 4 N–H and O–H groups in total. The van der Waals surface area contributed by atoms with Gasteiger partial charge in [0, 0.05) is 11.8 Å². The Hall–Kier alpha value is -3.33. The van der Waals surface area contributed by atoms with Crippen LogP contribution in [-0.4, -0.2) is 58.5 Å². The molecule has 1 aliphatic rings. The molecule has 0 radical (unpaired) electrons. The fraction of sp³-hybridized carbons (Fsp3) is 0.238. The molecule has 3 heterocycles. The lowest BCUT2D eigenvalue weighted by atomic mass is 10.1. The van der Waals surface area contributed by atoms with Crippen molar-refractivity contribution in [2.45, 2.75) is 18.3 Å². The molecule has 2 atom stereocenters. The SMILES string of the molecule is O=C(N[C@@H]1CS(O)(O)C[C@@H]1O)c1cc(-c2ccc(C(F)(F)F)nc2)nn(-c2cccc(F)c2)c1=O. The summed E-state index contributed by atoms with van der Waals surface area (Å²) >= 11 is 0. The van der Waals surface area contributed by atoms with Gasteiger partial charge in [0.05, 0.1) is 35.0 Å². The highest BCUT2D eigenvalue weighted by molar-refractivity contribution is 8.24. The van der Waals surface area contributed by atoms with Crippen LogP contribution in [0.3, 0.4) is 0 Å². The zero-order valence-electron chi connectivity index (χ0n) is 17.6. The summed E-state index contributed by atoms with van der Waals surface area (Å²) in [6.07, 6.45) is -5.09. The Morgan fingerprint density at radius 3 is 2.46 bits per heavy atom. The third kappa shape index (κ3) is 5.35. The predicted octanol–water partition coefficient (Wildman–Crippen LogP) is 2.68. The Morgan fingerprint density at radius 1 is 1.14 bits per heavy atom. The summed E-state index contributed by atoms with van der Waals surface area (Å²) in [5.41, 5.74) is -2.79. The Bertz CT molecular complexity index is 1330. The Labute approximate surface area is 196 Å². The maximum atomic E-state index is 13.8. The van der Waals surface area contributed by atoms with Gasteiger partial charge in [-0.05, 0) is 36.4 Å². The molecule has 1 fully saturated rings. The fourth-order valence-corrected chi connectivity index (χ4v) is 5.33. The minimum atomic E-state index is -4.68. The zero-order valence-corrected chi connectivity index (χ0v) is 18.4. The fourth-order valence-electron chi connectivity index (χ4n) is 3.53. The van der Waals surface area contributed by atoms with E-state index < -0.39 is 57.5 Å². The number of aliphatic hydroxyl groups is 1. The number of aromatic nitrogens is 3. The lowest BCUT2D eigenvalue weighted by Crippen LogP contribution is -2.44. The van der Waals surface area contributed by atoms with E-state index in [4.69, 9.17) is 0 Å². The first-order valence-corrected chi connectivity index (χ1v) is 11.9. The number of carbonyl (C=O) groups excluding carboxylic acids is 1. The van der Waals surface area contributed by atoms with Gasteiger partial charge in [-0.1, -0.05) is 6.07 Å². The predicted molar refractivity (Wildman–Crippen MR) is 118 cm³/mol. The number of aliphatic hydroxyl groups excluding tert-OH is 1. The third-order valence-corrected chi connectivity index (χ3v) is 6.99. The Kier molecular flexibility index (Phi) is 6.40. The van der Waals surface area contributed by atoms with Crippen LogP contribution in [-0.2, 0) is 6.18 Å². The first-order valence-electron chi connectivity index (χ1n) is 10.0. The van der Waals surface area contributed by atoms with Crippen molar-refractivity contribution in [3.63, 3.8) is 0 Å². The Balaban J connectivity index is 1.79. The van der Waals surface area contributed by atoms with Gasteiger partial charge in [0.15, 0.2) is 0 Å². The van der Waals surface area contributed by atoms with E-state index in [1.807, 2.05) is 0 Å². The van der Waals surface area contributed by atoms with Crippen molar-refractivity contribution in [2.24, 2.45) is 0 Å². The second-order valence-corrected chi connectivity index (χ2v) is 10.1. The van der Waals surface area contributed by atoms with Gasteiger partial charge in [-0.15, -0.1) is 0 Å². The quantitative estimate of drug-likeness (QED) is 0.393. The molecule has 35 heavy (non-hydrogen) atoms. The average molecular weight is 514 g/mol. The van der Waals surface area contributed by atoms with E-state index in [2.05, 4.69) is 15.4 Å². The molecule has 4 rings (SSSR count). The molecule has 3 aromatic rings. The van der Waals surface area contributed by atoms with Crippen molar-refractivity contribution in [3.8, 4) is 16.9 Å². The maximum absolute atomic E-state index is 13.8. The van der Waals surface area contributed by atoms with Crippen molar-refractivity contribution in [1.82, 2.24) is 20.1 Å². The molecule has 0 bridgehead atoms. The van der Waals surface area contributed by atoms with Crippen LogP contribution in [0.5, 0.6) is 0 Å². The highest BCUT2D eigenvalue weighted by Crippen LogP contribution is 2.45. The lowest BCUT2D eigenvalue weighted by molar-refractivity contribution is -0.141. The van der Waals surface area contributed by atoms with Crippen molar-refractivity contribution >= 4 is 16.5 Å². The van der Waals surface area contributed by atoms with Crippen LogP contribution in [0.15, 0.2) is 53.5 Å². The molecule has 186 valence electrons. The van der Waals surface area contributed by atoms with Gasteiger partial charge >= 0.3 is 6.18 Å². The molecule has 1 aliphatic heterocycles. The van der Waals surface area contributed by atoms with E-state index in [1.165, 1.54) is 12.1 Å². The molecule has 2 aromatic heterocycles. The summed E-state index contributed by atoms with van der Waals surface area (Å²) < 4.78 is 72.7. The van der Waals surface area contributed by atoms with Gasteiger partial charge in [-0.25, -0.2) is 4.39 Å². The zero-order chi connectivity index (χ0) is 25.5. The summed E-state index contributed by atoms with van der Waals surface area (Å²) in [6.45, 7) is 0. The lowest BCUT2D eigenvalue weighted by Gasteiger charge is -2.25. The van der Waals surface area contributed by atoms with Crippen molar-refractivity contribution in [3.05, 3.63) is 76.1 Å². The van der Waals surface area contributed by atoms with Crippen molar-refractivity contribution in [2.75, 3.05) is 11.5 Å². The minimum Gasteiger partial charge on any atom is -0.389 e. The second-order valence-electron chi connectivity index (χ2n) is 7.85. The van der Waals surface area contributed by atoms with Crippen LogP contribution in [0, 0.1) is 5.82 Å². The van der Waals surface area contributed by atoms with Crippen LogP contribution < -0.4 is 10.9 Å². The molecular weight excluding hydrogens is 496 g/mol. The van der Waals surface area contributed by atoms with Crippen LogP contribution >= 0.6 is 10.6 Å².